The maximum absolute atomic E-state index is 12.1. The van der Waals surface area contributed by atoms with E-state index in [4.69, 9.17) is 16.3 Å². The average Bonchev–Trinajstić information content (AvgIpc) is 2.72. The van der Waals surface area contributed by atoms with Crippen molar-refractivity contribution in [2.24, 2.45) is 0 Å². The van der Waals surface area contributed by atoms with Crippen LogP contribution < -0.4 is 10.1 Å². The lowest BCUT2D eigenvalue weighted by molar-refractivity contribution is -0.124. The molecule has 3 rings (SSSR count). The molecule has 9 heteroatoms. The number of benzene rings is 2. The first-order valence-electron chi connectivity index (χ1n) is 8.94. The Kier molecular flexibility index (Phi) is 7.13. The molecule has 1 heterocycles. The van der Waals surface area contributed by atoms with Gasteiger partial charge in [0, 0.05) is 11.9 Å². The summed E-state index contributed by atoms with van der Waals surface area (Å²) in [6.07, 6.45) is 0.481. The molecule has 0 aliphatic heterocycles. The van der Waals surface area contributed by atoms with E-state index >= 15 is 0 Å². The number of halogens is 3. The number of ether oxygens (including phenoxy) is 2. The van der Waals surface area contributed by atoms with Crippen molar-refractivity contribution in [1.82, 2.24) is 10.3 Å². The summed E-state index contributed by atoms with van der Waals surface area (Å²) in [7, 11) is 0. The topological polar surface area (TPSA) is 77.5 Å². The molecule has 1 amide bonds. The third-order valence-corrected chi connectivity index (χ3v) is 4.32. The van der Waals surface area contributed by atoms with Gasteiger partial charge in [0.25, 0.3) is 5.91 Å². The molecular formula is C21H17ClF2N2O4. The van der Waals surface area contributed by atoms with Gasteiger partial charge in [0.05, 0.1) is 11.1 Å². The Labute approximate surface area is 175 Å². The second-order valence-corrected chi connectivity index (χ2v) is 6.63. The van der Waals surface area contributed by atoms with Gasteiger partial charge in [-0.1, -0.05) is 23.7 Å². The highest BCUT2D eigenvalue weighted by Gasteiger charge is 2.11. The maximum atomic E-state index is 12.1. The van der Waals surface area contributed by atoms with Crippen molar-refractivity contribution >= 4 is 34.4 Å². The number of pyridine rings is 1. The van der Waals surface area contributed by atoms with Crippen LogP contribution in [0, 0.1) is 0 Å². The molecule has 6 nitrogen and oxygen atoms in total. The van der Waals surface area contributed by atoms with Gasteiger partial charge >= 0.3 is 12.6 Å². The molecule has 0 fully saturated rings. The largest absolute Gasteiger partial charge is 0.452 e. The van der Waals surface area contributed by atoms with Crippen molar-refractivity contribution in [1.29, 1.82) is 0 Å². The number of alkyl halides is 2. The first-order chi connectivity index (χ1) is 14.4. The normalized spacial score (nSPS) is 10.8. The van der Waals surface area contributed by atoms with E-state index in [1.54, 1.807) is 42.5 Å². The number of carbonyl (C=O) groups excluding carboxylic acids is 2. The van der Waals surface area contributed by atoms with Crippen LogP contribution in [0.25, 0.3) is 10.9 Å². The highest BCUT2D eigenvalue weighted by atomic mass is 35.5. The highest BCUT2D eigenvalue weighted by molar-refractivity contribution is 6.29. The van der Waals surface area contributed by atoms with Crippen LogP contribution in [0.3, 0.4) is 0 Å². The fourth-order valence-corrected chi connectivity index (χ4v) is 2.83. The Morgan fingerprint density at radius 3 is 2.57 bits per heavy atom. The van der Waals surface area contributed by atoms with Crippen LogP contribution in [0.4, 0.5) is 8.78 Å². The van der Waals surface area contributed by atoms with E-state index < -0.39 is 25.1 Å². The first-order valence-corrected chi connectivity index (χ1v) is 9.32. The second kappa shape index (κ2) is 9.98. The Bertz CT molecular complexity index is 1040. The van der Waals surface area contributed by atoms with Crippen LogP contribution in [-0.4, -0.2) is 36.6 Å². The molecule has 0 aliphatic carbocycles. The molecule has 30 heavy (non-hydrogen) atoms. The van der Waals surface area contributed by atoms with Crippen molar-refractivity contribution in [3.63, 3.8) is 0 Å². The number of nitrogens with one attached hydrogen (secondary N) is 1. The monoisotopic (exact) mass is 434 g/mol. The quantitative estimate of drug-likeness (QED) is 0.428. The lowest BCUT2D eigenvalue weighted by atomic mass is 10.1. The number of amides is 1. The molecule has 156 valence electrons. The van der Waals surface area contributed by atoms with Crippen LogP contribution in [0.1, 0.15) is 15.9 Å². The van der Waals surface area contributed by atoms with Gasteiger partial charge in [0.1, 0.15) is 10.9 Å². The van der Waals surface area contributed by atoms with Crippen LogP contribution >= 0.6 is 11.6 Å². The lowest BCUT2D eigenvalue weighted by Gasteiger charge is -2.08. The molecule has 3 aromatic rings. The second-order valence-electron chi connectivity index (χ2n) is 6.24. The van der Waals surface area contributed by atoms with E-state index in [0.29, 0.717) is 29.2 Å². The fraction of sp³-hybridized carbons (Fsp3) is 0.190. The minimum absolute atomic E-state index is 0.0669. The van der Waals surface area contributed by atoms with Crippen molar-refractivity contribution in [2.45, 2.75) is 13.0 Å². The molecule has 1 N–H and O–H groups in total. The van der Waals surface area contributed by atoms with Crippen LogP contribution in [0.15, 0.2) is 54.6 Å². The molecular weight excluding hydrogens is 418 g/mol. The molecule has 0 aliphatic rings. The maximum Gasteiger partial charge on any atom is 0.387 e. The average molecular weight is 435 g/mol. The van der Waals surface area contributed by atoms with Crippen molar-refractivity contribution in [2.75, 3.05) is 13.2 Å². The number of nitrogens with zero attached hydrogens (tertiary/aromatic N) is 1. The lowest BCUT2D eigenvalue weighted by Crippen LogP contribution is -2.30. The van der Waals surface area contributed by atoms with Gasteiger partial charge in [-0.05, 0) is 54.4 Å². The molecule has 0 saturated carbocycles. The summed E-state index contributed by atoms with van der Waals surface area (Å²) in [6, 6.07) is 14.3. The minimum Gasteiger partial charge on any atom is -0.452 e. The van der Waals surface area contributed by atoms with Gasteiger partial charge in [0.15, 0.2) is 6.61 Å². The Morgan fingerprint density at radius 1 is 1.07 bits per heavy atom. The van der Waals surface area contributed by atoms with E-state index in [0.717, 1.165) is 10.9 Å². The number of hydrogen-bond donors (Lipinski definition) is 1. The van der Waals surface area contributed by atoms with E-state index in [1.807, 2.05) is 0 Å². The van der Waals surface area contributed by atoms with E-state index in [-0.39, 0.29) is 5.75 Å². The predicted molar refractivity (Wildman–Crippen MR) is 107 cm³/mol. The summed E-state index contributed by atoms with van der Waals surface area (Å²) in [6.45, 7) is -2.99. The zero-order valence-corrected chi connectivity index (χ0v) is 16.4. The predicted octanol–water partition coefficient (Wildman–Crippen LogP) is 4.01. The summed E-state index contributed by atoms with van der Waals surface area (Å²) in [5.41, 5.74) is 1.77. The van der Waals surface area contributed by atoms with Gasteiger partial charge < -0.3 is 14.8 Å². The van der Waals surface area contributed by atoms with Gasteiger partial charge in [-0.3, -0.25) is 4.79 Å². The number of esters is 1. The van der Waals surface area contributed by atoms with E-state index in [2.05, 4.69) is 15.0 Å². The Balaban J connectivity index is 1.43. The third-order valence-electron chi connectivity index (χ3n) is 4.11. The fourth-order valence-electron chi connectivity index (χ4n) is 2.68. The Morgan fingerprint density at radius 2 is 1.83 bits per heavy atom. The summed E-state index contributed by atoms with van der Waals surface area (Å²) in [4.78, 5) is 28.2. The van der Waals surface area contributed by atoms with E-state index in [1.165, 1.54) is 12.1 Å². The molecule has 0 unspecified atom stereocenters. The number of hydrogen-bond acceptors (Lipinski definition) is 5. The molecule has 0 atom stereocenters. The van der Waals surface area contributed by atoms with Crippen molar-refractivity contribution < 1.29 is 27.8 Å². The molecule has 0 saturated heterocycles. The molecule has 0 radical (unpaired) electrons. The van der Waals surface area contributed by atoms with E-state index in [9.17, 15) is 18.4 Å². The zero-order valence-electron chi connectivity index (χ0n) is 15.6. The standard InChI is InChI=1S/C21H17ClF2N2O4/c22-18-8-4-14-11-15(3-7-17(14)26-18)20(28)29-12-19(27)25-10-9-13-1-5-16(6-2-13)30-21(23)24/h1-8,11,21H,9-10,12H2,(H,25,27). The van der Waals surface area contributed by atoms with Crippen molar-refractivity contribution in [3.05, 3.63) is 70.9 Å². The van der Waals surface area contributed by atoms with Gasteiger partial charge in [-0.15, -0.1) is 0 Å². The smallest absolute Gasteiger partial charge is 0.387 e. The van der Waals surface area contributed by atoms with Crippen LogP contribution in [0.5, 0.6) is 5.75 Å². The summed E-state index contributed by atoms with van der Waals surface area (Å²) < 4.78 is 33.5. The minimum atomic E-state index is -2.87. The Hall–Kier alpha value is -3.26. The summed E-state index contributed by atoms with van der Waals surface area (Å²) in [5.74, 6) is -1.01. The first kappa shape index (κ1) is 21.4. The highest BCUT2D eigenvalue weighted by Crippen LogP contribution is 2.18. The molecule has 0 spiro atoms. The van der Waals surface area contributed by atoms with Gasteiger partial charge in [-0.2, -0.15) is 8.78 Å². The zero-order chi connectivity index (χ0) is 21.5. The van der Waals surface area contributed by atoms with Crippen molar-refractivity contribution in [3.8, 4) is 5.75 Å². The third kappa shape index (κ3) is 6.12. The number of rotatable bonds is 8. The number of fused-ring (bicyclic) bond motifs is 1. The molecule has 2 aromatic carbocycles. The van der Waals surface area contributed by atoms with Gasteiger partial charge in [-0.25, -0.2) is 9.78 Å². The SMILES string of the molecule is O=C(COC(=O)c1ccc2nc(Cl)ccc2c1)NCCc1ccc(OC(F)F)cc1. The molecule has 0 bridgehead atoms. The summed E-state index contributed by atoms with van der Waals surface area (Å²) >= 11 is 5.83. The molecule has 1 aromatic heterocycles. The van der Waals surface area contributed by atoms with Crippen LogP contribution in [0.2, 0.25) is 5.15 Å². The summed E-state index contributed by atoms with van der Waals surface area (Å²) in [5, 5.41) is 3.71. The number of aromatic nitrogens is 1. The van der Waals surface area contributed by atoms with Gasteiger partial charge in [0.2, 0.25) is 0 Å². The number of carbonyl (C=O) groups is 2. The van der Waals surface area contributed by atoms with Crippen LogP contribution in [-0.2, 0) is 16.0 Å².